The number of benzene rings is 3. The summed E-state index contributed by atoms with van der Waals surface area (Å²) in [4.78, 5) is 29.0. The number of halogens is 2. The van der Waals surface area contributed by atoms with Crippen molar-refractivity contribution in [2.45, 2.75) is 37.7 Å². The fourth-order valence-electron chi connectivity index (χ4n) is 4.62. The lowest BCUT2D eigenvalue weighted by Crippen LogP contribution is -2.53. The van der Waals surface area contributed by atoms with Crippen LogP contribution in [-0.4, -0.2) is 67.3 Å². The predicted octanol–water partition coefficient (Wildman–Crippen LogP) is 2.80. The number of aliphatic hydroxyl groups is 1. The van der Waals surface area contributed by atoms with Gasteiger partial charge in [0.05, 0.1) is 25.2 Å². The first-order valence-corrected chi connectivity index (χ1v) is 13.2. The van der Waals surface area contributed by atoms with Crippen molar-refractivity contribution in [1.82, 2.24) is 20.9 Å². The molecular weight excluding hydrogens is 516 g/mol. The Morgan fingerprint density at radius 1 is 1.07 bits per heavy atom. The summed E-state index contributed by atoms with van der Waals surface area (Å²) in [5.74, 6) is -1.91. The van der Waals surface area contributed by atoms with Crippen LogP contribution in [0.25, 0.3) is 0 Å². The van der Waals surface area contributed by atoms with E-state index in [0.717, 1.165) is 28.9 Å². The minimum atomic E-state index is -0.914. The second-order valence-corrected chi connectivity index (χ2v) is 10.2. The highest BCUT2D eigenvalue weighted by atomic mass is 19.1. The van der Waals surface area contributed by atoms with E-state index in [4.69, 9.17) is 0 Å². The van der Waals surface area contributed by atoms with Gasteiger partial charge in [-0.25, -0.2) is 13.6 Å². The van der Waals surface area contributed by atoms with E-state index in [-0.39, 0.29) is 25.2 Å². The topological polar surface area (TPSA) is 96.9 Å². The molecule has 212 valence electrons. The average Bonchev–Trinajstić information content (AvgIpc) is 3.30. The summed E-state index contributed by atoms with van der Waals surface area (Å²) in [6.45, 7) is 0.683. The van der Waals surface area contributed by atoms with Gasteiger partial charge in [0.2, 0.25) is 5.91 Å². The SMILES string of the molecule is CN(C)c1cccc(CNC[C@@H](O)[C@H](Cc2ccccc2)NC(=O)[C@@H]2CN(Cc3ccc(F)cc3F)C(=O)N2)c1. The number of hydrogen-bond donors (Lipinski definition) is 4. The summed E-state index contributed by atoms with van der Waals surface area (Å²) < 4.78 is 27.4. The molecule has 1 fully saturated rings. The van der Waals surface area contributed by atoms with E-state index in [1.807, 2.05) is 67.5 Å². The standard InChI is InChI=1S/C30H35F2N5O3/c1-36(2)24-10-6-9-21(13-24)16-33-17-28(38)26(14-20-7-4-3-5-8-20)34-29(39)27-19-37(30(40)35-27)18-22-11-12-23(31)15-25(22)32/h3-13,15,26-28,33,38H,14,16-19H2,1-2H3,(H,34,39)(H,35,40)/t26-,27-,28+/m0/s1. The van der Waals surface area contributed by atoms with Crippen molar-refractivity contribution in [2.24, 2.45) is 0 Å². The van der Waals surface area contributed by atoms with Crippen LogP contribution >= 0.6 is 0 Å². The Bertz CT molecular complexity index is 1310. The predicted molar refractivity (Wildman–Crippen MR) is 150 cm³/mol. The molecule has 0 radical (unpaired) electrons. The highest BCUT2D eigenvalue weighted by Crippen LogP contribution is 2.16. The molecule has 3 amide bonds. The summed E-state index contributed by atoms with van der Waals surface area (Å²) in [6.07, 6.45) is -0.529. The van der Waals surface area contributed by atoms with E-state index < -0.39 is 41.8 Å². The molecule has 3 aromatic rings. The van der Waals surface area contributed by atoms with E-state index in [9.17, 15) is 23.5 Å². The first-order chi connectivity index (χ1) is 19.2. The number of nitrogens with zero attached hydrogens (tertiary/aromatic N) is 2. The minimum Gasteiger partial charge on any atom is -0.390 e. The second kappa shape index (κ2) is 13.4. The van der Waals surface area contributed by atoms with E-state index in [1.54, 1.807) is 0 Å². The minimum absolute atomic E-state index is 0.0100. The Morgan fingerprint density at radius 3 is 2.55 bits per heavy atom. The quantitative estimate of drug-likeness (QED) is 0.278. The number of urea groups is 1. The van der Waals surface area contributed by atoms with Gasteiger partial charge in [-0.3, -0.25) is 4.79 Å². The van der Waals surface area contributed by atoms with Crippen molar-refractivity contribution >= 4 is 17.6 Å². The maximum absolute atomic E-state index is 14.1. The number of carbonyl (C=O) groups is 2. The van der Waals surface area contributed by atoms with E-state index in [2.05, 4.69) is 22.0 Å². The van der Waals surface area contributed by atoms with Gasteiger partial charge in [0.15, 0.2) is 0 Å². The zero-order valence-corrected chi connectivity index (χ0v) is 22.6. The van der Waals surface area contributed by atoms with Crippen molar-refractivity contribution in [2.75, 3.05) is 32.1 Å². The summed E-state index contributed by atoms with van der Waals surface area (Å²) in [7, 11) is 3.94. The summed E-state index contributed by atoms with van der Waals surface area (Å²) in [5.41, 5.74) is 3.23. The summed E-state index contributed by atoms with van der Waals surface area (Å²) in [5, 5.41) is 19.9. The third-order valence-corrected chi connectivity index (χ3v) is 6.88. The molecule has 0 aliphatic carbocycles. The van der Waals surface area contributed by atoms with Gasteiger partial charge in [-0.2, -0.15) is 0 Å². The van der Waals surface area contributed by atoms with Crippen LogP contribution in [0, 0.1) is 11.6 Å². The Labute approximate surface area is 233 Å². The Hall–Kier alpha value is -4.02. The van der Waals surface area contributed by atoms with Gasteiger partial charge in [-0.15, -0.1) is 0 Å². The van der Waals surface area contributed by atoms with Crippen LogP contribution in [-0.2, 0) is 24.3 Å². The van der Waals surface area contributed by atoms with Crippen LogP contribution in [0.1, 0.15) is 16.7 Å². The Balaban J connectivity index is 1.37. The second-order valence-electron chi connectivity index (χ2n) is 10.2. The monoisotopic (exact) mass is 551 g/mol. The van der Waals surface area contributed by atoms with Crippen molar-refractivity contribution in [3.8, 4) is 0 Å². The highest BCUT2D eigenvalue weighted by Gasteiger charge is 2.35. The van der Waals surface area contributed by atoms with Gasteiger partial charge >= 0.3 is 6.03 Å². The molecule has 8 nitrogen and oxygen atoms in total. The lowest BCUT2D eigenvalue weighted by molar-refractivity contribution is -0.124. The van der Waals surface area contributed by atoms with Crippen LogP contribution in [0.2, 0.25) is 0 Å². The van der Waals surface area contributed by atoms with Gasteiger partial charge in [0, 0.05) is 44.5 Å². The molecule has 40 heavy (non-hydrogen) atoms. The fraction of sp³-hybridized carbons (Fsp3) is 0.333. The summed E-state index contributed by atoms with van der Waals surface area (Å²) in [6, 6.07) is 18.7. The highest BCUT2D eigenvalue weighted by molar-refractivity contribution is 5.90. The third kappa shape index (κ3) is 7.77. The van der Waals surface area contributed by atoms with Crippen molar-refractivity contribution < 1.29 is 23.5 Å². The normalized spacial score (nSPS) is 16.4. The molecule has 0 bridgehead atoms. The van der Waals surface area contributed by atoms with Crippen LogP contribution in [0.5, 0.6) is 0 Å². The number of amides is 3. The number of rotatable bonds is 12. The van der Waals surface area contributed by atoms with Gasteiger partial charge in [-0.1, -0.05) is 48.5 Å². The number of nitrogens with one attached hydrogen (secondary N) is 3. The third-order valence-electron chi connectivity index (χ3n) is 6.88. The lowest BCUT2D eigenvalue weighted by atomic mass is 10.0. The average molecular weight is 552 g/mol. The molecule has 4 N–H and O–H groups in total. The van der Waals surface area contributed by atoms with Crippen LogP contribution in [0.3, 0.4) is 0 Å². The molecule has 0 spiro atoms. The maximum Gasteiger partial charge on any atom is 0.318 e. The molecule has 3 atom stereocenters. The largest absolute Gasteiger partial charge is 0.390 e. The van der Waals surface area contributed by atoms with Crippen LogP contribution in [0.15, 0.2) is 72.8 Å². The molecule has 0 saturated carbocycles. The van der Waals surface area contributed by atoms with E-state index in [1.165, 1.54) is 11.0 Å². The molecule has 4 rings (SSSR count). The molecule has 3 aromatic carbocycles. The zero-order valence-electron chi connectivity index (χ0n) is 22.6. The summed E-state index contributed by atoms with van der Waals surface area (Å²) >= 11 is 0. The van der Waals surface area contributed by atoms with Gasteiger partial charge in [-0.05, 0) is 35.7 Å². The Morgan fingerprint density at radius 2 is 1.82 bits per heavy atom. The molecule has 1 heterocycles. The van der Waals surface area contributed by atoms with Crippen molar-refractivity contribution in [1.29, 1.82) is 0 Å². The van der Waals surface area contributed by atoms with Gasteiger partial charge in [0.1, 0.15) is 17.7 Å². The molecule has 0 unspecified atom stereocenters. The number of aliphatic hydroxyl groups excluding tert-OH is 1. The van der Waals surface area contributed by atoms with E-state index in [0.29, 0.717) is 13.0 Å². The number of anilines is 1. The lowest BCUT2D eigenvalue weighted by Gasteiger charge is -2.26. The van der Waals surface area contributed by atoms with E-state index >= 15 is 0 Å². The van der Waals surface area contributed by atoms with Crippen LogP contribution < -0.4 is 20.9 Å². The zero-order chi connectivity index (χ0) is 28.6. The smallest absolute Gasteiger partial charge is 0.318 e. The van der Waals surface area contributed by atoms with Crippen LogP contribution in [0.4, 0.5) is 19.3 Å². The Kier molecular flexibility index (Phi) is 9.68. The molecule has 1 saturated heterocycles. The molecule has 1 aliphatic heterocycles. The maximum atomic E-state index is 14.1. The molecule has 1 aliphatic rings. The molecular formula is C30H35F2N5O3. The van der Waals surface area contributed by atoms with Gasteiger partial charge in [0.25, 0.3) is 0 Å². The first-order valence-electron chi connectivity index (χ1n) is 13.2. The van der Waals surface area contributed by atoms with Crippen molar-refractivity contribution in [3.63, 3.8) is 0 Å². The fourth-order valence-corrected chi connectivity index (χ4v) is 4.62. The number of carbonyl (C=O) groups excluding carboxylic acids is 2. The van der Waals surface area contributed by atoms with Crippen molar-refractivity contribution in [3.05, 3.63) is 101 Å². The molecule has 10 heteroatoms. The van der Waals surface area contributed by atoms with Gasteiger partial charge < -0.3 is 30.9 Å². The number of hydrogen-bond acceptors (Lipinski definition) is 5. The first kappa shape index (κ1) is 29.0. The molecule has 0 aromatic heterocycles.